The SMILES string of the molecule is CCc1cc(NCCc2ccc[n+]([O-])c2)nc(-c2ccc(F)c(Cl)c2)n1. The van der Waals surface area contributed by atoms with Gasteiger partial charge in [0.25, 0.3) is 0 Å². The van der Waals surface area contributed by atoms with E-state index < -0.39 is 5.82 Å². The van der Waals surface area contributed by atoms with Gasteiger partial charge in [-0.3, -0.25) is 0 Å². The van der Waals surface area contributed by atoms with Crippen molar-refractivity contribution in [3.05, 3.63) is 76.1 Å². The van der Waals surface area contributed by atoms with E-state index in [1.54, 1.807) is 18.3 Å². The molecule has 0 bridgehead atoms. The van der Waals surface area contributed by atoms with Gasteiger partial charge >= 0.3 is 0 Å². The molecular weight excluding hydrogens is 355 g/mol. The van der Waals surface area contributed by atoms with Gasteiger partial charge in [-0.1, -0.05) is 18.5 Å². The Morgan fingerprint density at radius 1 is 1.23 bits per heavy atom. The first kappa shape index (κ1) is 18.1. The fourth-order valence-corrected chi connectivity index (χ4v) is 2.70. The first-order chi connectivity index (χ1) is 12.5. The Kier molecular flexibility index (Phi) is 5.63. The van der Waals surface area contributed by atoms with E-state index in [4.69, 9.17) is 11.6 Å². The zero-order valence-corrected chi connectivity index (χ0v) is 15.0. The van der Waals surface area contributed by atoms with E-state index in [1.807, 2.05) is 19.1 Å². The lowest BCUT2D eigenvalue weighted by Gasteiger charge is -2.10. The van der Waals surface area contributed by atoms with Crippen LogP contribution in [0.5, 0.6) is 0 Å². The van der Waals surface area contributed by atoms with Gasteiger partial charge in [0.2, 0.25) is 0 Å². The normalized spacial score (nSPS) is 10.7. The van der Waals surface area contributed by atoms with Gasteiger partial charge in [-0.05, 0) is 37.1 Å². The van der Waals surface area contributed by atoms with Crippen LogP contribution in [-0.4, -0.2) is 16.5 Å². The third kappa shape index (κ3) is 4.46. The molecule has 134 valence electrons. The maximum absolute atomic E-state index is 13.4. The minimum Gasteiger partial charge on any atom is -0.619 e. The van der Waals surface area contributed by atoms with Gasteiger partial charge in [-0.15, -0.1) is 0 Å². The van der Waals surface area contributed by atoms with Gasteiger partial charge in [0, 0.05) is 35.5 Å². The quantitative estimate of drug-likeness (QED) is 0.528. The van der Waals surface area contributed by atoms with Gasteiger partial charge in [-0.25, -0.2) is 14.4 Å². The molecule has 0 aliphatic carbocycles. The Morgan fingerprint density at radius 3 is 2.81 bits per heavy atom. The Balaban J connectivity index is 1.77. The molecule has 0 aliphatic rings. The summed E-state index contributed by atoms with van der Waals surface area (Å²) in [4.78, 5) is 8.99. The number of aromatic nitrogens is 3. The molecule has 26 heavy (non-hydrogen) atoms. The second kappa shape index (κ2) is 8.10. The van der Waals surface area contributed by atoms with E-state index in [9.17, 15) is 9.60 Å². The molecule has 7 heteroatoms. The maximum Gasteiger partial charge on any atom is 0.183 e. The summed E-state index contributed by atoms with van der Waals surface area (Å²) in [5.74, 6) is 0.697. The van der Waals surface area contributed by atoms with Crippen LogP contribution in [0.3, 0.4) is 0 Å². The average molecular weight is 373 g/mol. The van der Waals surface area contributed by atoms with Crippen LogP contribution in [0.2, 0.25) is 5.02 Å². The average Bonchev–Trinajstić information content (AvgIpc) is 2.64. The molecule has 1 N–H and O–H groups in total. The fraction of sp³-hybridized carbons (Fsp3) is 0.211. The summed E-state index contributed by atoms with van der Waals surface area (Å²) in [6.45, 7) is 2.62. The fourth-order valence-electron chi connectivity index (χ4n) is 2.52. The number of hydrogen-bond acceptors (Lipinski definition) is 4. The van der Waals surface area contributed by atoms with E-state index in [0.717, 1.165) is 22.4 Å². The molecule has 0 spiro atoms. The third-order valence-electron chi connectivity index (χ3n) is 3.88. The Morgan fingerprint density at radius 2 is 2.08 bits per heavy atom. The molecule has 0 saturated heterocycles. The minimum atomic E-state index is -0.473. The van der Waals surface area contributed by atoms with E-state index >= 15 is 0 Å². The first-order valence-corrected chi connectivity index (χ1v) is 8.68. The van der Waals surface area contributed by atoms with E-state index in [0.29, 0.717) is 30.2 Å². The number of anilines is 1. The Hall–Kier alpha value is -2.73. The summed E-state index contributed by atoms with van der Waals surface area (Å²) in [5, 5.41) is 14.6. The summed E-state index contributed by atoms with van der Waals surface area (Å²) in [7, 11) is 0. The van der Waals surface area contributed by atoms with Gasteiger partial charge < -0.3 is 10.5 Å². The standard InChI is InChI=1S/C19H18ClFN4O/c1-2-15-11-18(22-8-7-13-4-3-9-25(26)12-13)24-19(23-15)14-5-6-17(21)16(20)10-14/h3-6,9-12H,2,7-8H2,1H3,(H,22,23,24). The molecule has 5 nitrogen and oxygen atoms in total. The van der Waals surface area contributed by atoms with Crippen molar-refractivity contribution in [1.82, 2.24) is 9.97 Å². The summed E-state index contributed by atoms with van der Waals surface area (Å²) in [6.07, 6.45) is 4.43. The zero-order chi connectivity index (χ0) is 18.5. The van der Waals surface area contributed by atoms with Crippen molar-refractivity contribution >= 4 is 17.4 Å². The number of benzene rings is 1. The van der Waals surface area contributed by atoms with Gasteiger partial charge in [-0.2, -0.15) is 4.73 Å². The van der Waals surface area contributed by atoms with Crippen LogP contribution >= 0.6 is 11.6 Å². The van der Waals surface area contributed by atoms with Crippen LogP contribution in [0.15, 0.2) is 48.8 Å². The molecule has 3 aromatic rings. The number of nitrogens with one attached hydrogen (secondary N) is 1. The number of halogens is 2. The number of nitrogens with zero attached hydrogens (tertiary/aromatic N) is 3. The summed E-state index contributed by atoms with van der Waals surface area (Å²) in [5.41, 5.74) is 2.46. The second-order valence-corrected chi connectivity index (χ2v) is 6.21. The molecule has 0 aliphatic heterocycles. The smallest absolute Gasteiger partial charge is 0.183 e. The number of pyridine rings is 1. The van der Waals surface area contributed by atoms with Crippen molar-refractivity contribution in [3.63, 3.8) is 0 Å². The highest BCUT2D eigenvalue weighted by Crippen LogP contribution is 2.24. The molecule has 2 heterocycles. The molecule has 0 amide bonds. The first-order valence-electron chi connectivity index (χ1n) is 8.30. The lowest BCUT2D eigenvalue weighted by Crippen LogP contribution is -2.25. The van der Waals surface area contributed by atoms with Crippen LogP contribution in [0, 0.1) is 11.0 Å². The lowest BCUT2D eigenvalue weighted by atomic mass is 10.2. The number of hydrogen-bond donors (Lipinski definition) is 1. The molecule has 1 aromatic carbocycles. The highest BCUT2D eigenvalue weighted by molar-refractivity contribution is 6.31. The van der Waals surface area contributed by atoms with Gasteiger partial charge in [0.05, 0.1) is 5.02 Å². The van der Waals surface area contributed by atoms with Crippen LogP contribution in [0.1, 0.15) is 18.2 Å². The van der Waals surface area contributed by atoms with Crippen molar-refractivity contribution in [2.75, 3.05) is 11.9 Å². The minimum absolute atomic E-state index is 0.0394. The van der Waals surface area contributed by atoms with E-state index in [1.165, 1.54) is 18.3 Å². The van der Waals surface area contributed by atoms with Crippen molar-refractivity contribution in [2.24, 2.45) is 0 Å². The van der Waals surface area contributed by atoms with E-state index in [-0.39, 0.29) is 5.02 Å². The molecule has 0 radical (unpaired) electrons. The molecule has 3 rings (SSSR count). The van der Waals surface area contributed by atoms with Gasteiger partial charge in [0.15, 0.2) is 18.2 Å². The summed E-state index contributed by atoms with van der Waals surface area (Å²) in [6, 6.07) is 9.94. The maximum atomic E-state index is 13.4. The predicted molar refractivity (Wildman–Crippen MR) is 99.4 cm³/mol. The predicted octanol–water partition coefficient (Wildman–Crippen LogP) is 3.79. The van der Waals surface area contributed by atoms with Crippen LogP contribution in [-0.2, 0) is 12.8 Å². The molecule has 0 atom stereocenters. The lowest BCUT2D eigenvalue weighted by molar-refractivity contribution is -0.605. The zero-order valence-electron chi connectivity index (χ0n) is 14.2. The van der Waals surface area contributed by atoms with Crippen LogP contribution in [0.25, 0.3) is 11.4 Å². The molecule has 0 unspecified atom stereocenters. The van der Waals surface area contributed by atoms with Crippen molar-refractivity contribution < 1.29 is 9.12 Å². The third-order valence-corrected chi connectivity index (χ3v) is 4.17. The van der Waals surface area contributed by atoms with E-state index in [2.05, 4.69) is 15.3 Å². The molecule has 0 saturated carbocycles. The summed E-state index contributed by atoms with van der Waals surface area (Å²) >= 11 is 5.87. The second-order valence-electron chi connectivity index (χ2n) is 5.80. The molecule has 0 fully saturated rings. The number of aryl methyl sites for hydroxylation is 1. The summed E-state index contributed by atoms with van der Waals surface area (Å²) < 4.78 is 14.2. The van der Waals surface area contributed by atoms with Crippen molar-refractivity contribution in [3.8, 4) is 11.4 Å². The monoisotopic (exact) mass is 372 g/mol. The highest BCUT2D eigenvalue weighted by Gasteiger charge is 2.09. The Labute approximate surface area is 156 Å². The number of rotatable bonds is 6. The molecular formula is C19H18ClFN4O. The largest absolute Gasteiger partial charge is 0.619 e. The molecule has 2 aromatic heterocycles. The Bertz CT molecular complexity index is 920. The van der Waals surface area contributed by atoms with Crippen molar-refractivity contribution in [1.29, 1.82) is 0 Å². The topological polar surface area (TPSA) is 64.8 Å². The van der Waals surface area contributed by atoms with Gasteiger partial charge in [0.1, 0.15) is 11.6 Å². The van der Waals surface area contributed by atoms with Crippen molar-refractivity contribution in [2.45, 2.75) is 19.8 Å². The van der Waals surface area contributed by atoms with Crippen LogP contribution in [0.4, 0.5) is 10.2 Å². The highest BCUT2D eigenvalue weighted by atomic mass is 35.5. The van der Waals surface area contributed by atoms with Crippen LogP contribution < -0.4 is 10.0 Å².